The Morgan fingerprint density at radius 1 is 1.19 bits per heavy atom. The van der Waals surface area contributed by atoms with E-state index in [1.807, 2.05) is 23.1 Å². The first-order valence-corrected chi connectivity index (χ1v) is 12.6. The molecule has 1 fully saturated rings. The second-order valence-corrected chi connectivity index (χ2v) is 10.1. The van der Waals surface area contributed by atoms with Gasteiger partial charge in [-0.3, -0.25) is 14.6 Å². The molecule has 0 aliphatic carbocycles. The van der Waals surface area contributed by atoms with Crippen LogP contribution in [0.3, 0.4) is 0 Å². The first kappa shape index (κ1) is 22.3. The lowest BCUT2D eigenvalue weighted by Gasteiger charge is -2.29. The minimum absolute atomic E-state index is 0.0150. The molecule has 2 aromatic carbocycles. The van der Waals surface area contributed by atoms with E-state index in [9.17, 15) is 4.79 Å². The number of hydrogen-bond acceptors (Lipinski definition) is 6. The molecule has 1 aliphatic heterocycles. The lowest BCUT2D eigenvalue weighted by atomic mass is 10.1. The largest absolute Gasteiger partial charge is 0.379 e. The molecule has 0 unspecified atom stereocenters. The van der Waals surface area contributed by atoms with Gasteiger partial charge in [-0.2, -0.15) is 0 Å². The van der Waals surface area contributed by atoms with Gasteiger partial charge in [0.1, 0.15) is 0 Å². The Morgan fingerprint density at radius 2 is 1.97 bits per heavy atom. The van der Waals surface area contributed by atoms with E-state index in [1.165, 1.54) is 5.56 Å². The third-order valence-electron chi connectivity index (χ3n) is 5.54. The molecule has 0 radical (unpaired) electrons. The number of carbonyl (C=O) groups is 1. The van der Waals surface area contributed by atoms with Gasteiger partial charge >= 0.3 is 0 Å². The Morgan fingerprint density at radius 3 is 2.71 bits per heavy atom. The van der Waals surface area contributed by atoms with Crippen LogP contribution in [0.2, 0.25) is 0 Å². The van der Waals surface area contributed by atoms with Crippen LogP contribution in [0.15, 0.2) is 41.3 Å². The van der Waals surface area contributed by atoms with Crippen LogP contribution in [-0.4, -0.2) is 60.9 Å². The zero-order chi connectivity index (χ0) is 21.8. The van der Waals surface area contributed by atoms with E-state index in [4.69, 9.17) is 9.72 Å². The van der Waals surface area contributed by atoms with Gasteiger partial charge in [-0.15, -0.1) is 11.8 Å². The number of hydrogen-bond donors (Lipinski definition) is 0. The molecule has 2 heterocycles. The Balaban J connectivity index is 1.67. The molecule has 1 aliphatic rings. The molecule has 0 atom stereocenters. The maximum atomic E-state index is 13.7. The number of ether oxygens (including phenoxy) is 1. The van der Waals surface area contributed by atoms with Crippen LogP contribution in [0.1, 0.15) is 28.4 Å². The number of rotatable bonds is 7. The summed E-state index contributed by atoms with van der Waals surface area (Å²) < 4.78 is 6.64. The second-order valence-electron chi connectivity index (χ2n) is 7.75. The summed E-state index contributed by atoms with van der Waals surface area (Å²) in [4.78, 5) is 23.9. The number of nitrogens with zero attached hydrogens (tertiary/aromatic N) is 3. The summed E-state index contributed by atoms with van der Waals surface area (Å²) in [6.45, 7) is 11.1. The molecule has 1 amide bonds. The second kappa shape index (κ2) is 10.1. The third kappa shape index (κ3) is 5.12. The quantitative estimate of drug-likeness (QED) is 0.469. The molecule has 0 N–H and O–H groups in total. The number of thiazole rings is 1. The Bertz CT molecular complexity index is 1020. The van der Waals surface area contributed by atoms with E-state index < -0.39 is 0 Å². The predicted molar refractivity (Wildman–Crippen MR) is 131 cm³/mol. The van der Waals surface area contributed by atoms with E-state index in [-0.39, 0.29) is 5.91 Å². The standard InChI is InChI=1S/C24H29N3O2S2/c1-4-30-20-7-5-6-19(16-20)23(28)27(11-10-26-12-14-29-15-13-26)24-25-21-17(2)8-9-18(3)22(21)31-24/h5-9,16H,4,10-15H2,1-3H3. The molecule has 0 bridgehead atoms. The van der Waals surface area contributed by atoms with Crippen LogP contribution >= 0.6 is 23.1 Å². The van der Waals surface area contributed by atoms with Crippen molar-refractivity contribution >= 4 is 44.4 Å². The van der Waals surface area contributed by atoms with Crippen molar-refractivity contribution in [3.05, 3.63) is 53.1 Å². The van der Waals surface area contributed by atoms with Crippen molar-refractivity contribution in [1.82, 2.24) is 9.88 Å². The maximum absolute atomic E-state index is 13.7. The molecule has 164 valence electrons. The summed E-state index contributed by atoms with van der Waals surface area (Å²) in [6, 6.07) is 12.2. The van der Waals surface area contributed by atoms with Gasteiger partial charge in [0.25, 0.3) is 5.91 Å². The molecular formula is C24H29N3O2S2. The van der Waals surface area contributed by atoms with Crippen LogP contribution in [0.4, 0.5) is 5.13 Å². The average Bonchev–Trinajstić information content (AvgIpc) is 3.24. The summed E-state index contributed by atoms with van der Waals surface area (Å²) in [5.74, 6) is 0.996. The number of anilines is 1. The number of amides is 1. The number of benzene rings is 2. The van der Waals surface area contributed by atoms with Crippen molar-refractivity contribution in [2.24, 2.45) is 0 Å². The first-order chi connectivity index (χ1) is 15.1. The molecule has 1 aromatic heterocycles. The van der Waals surface area contributed by atoms with Gasteiger partial charge in [0.05, 0.1) is 23.4 Å². The summed E-state index contributed by atoms with van der Waals surface area (Å²) >= 11 is 3.37. The van der Waals surface area contributed by atoms with Crippen LogP contribution in [-0.2, 0) is 4.74 Å². The third-order valence-corrected chi connectivity index (χ3v) is 7.63. The Labute approximate surface area is 192 Å². The fraction of sp³-hybridized carbons (Fsp3) is 0.417. The SMILES string of the molecule is CCSc1cccc(C(=O)N(CCN2CCOCC2)c2nc3c(C)ccc(C)c3s2)c1. The van der Waals surface area contributed by atoms with Gasteiger partial charge in [0, 0.05) is 36.6 Å². The van der Waals surface area contributed by atoms with Crippen LogP contribution < -0.4 is 4.90 Å². The number of aryl methyl sites for hydroxylation is 2. The van der Waals surface area contributed by atoms with Crippen molar-refractivity contribution in [3.8, 4) is 0 Å². The van der Waals surface area contributed by atoms with E-state index >= 15 is 0 Å². The number of morpholine rings is 1. The maximum Gasteiger partial charge on any atom is 0.260 e. The molecule has 0 saturated carbocycles. The van der Waals surface area contributed by atoms with Crippen molar-refractivity contribution in [2.45, 2.75) is 25.7 Å². The average molecular weight is 456 g/mol. The number of aromatic nitrogens is 1. The Hall–Kier alpha value is -1.93. The van der Waals surface area contributed by atoms with Gasteiger partial charge in [-0.1, -0.05) is 36.5 Å². The molecule has 5 nitrogen and oxygen atoms in total. The first-order valence-electron chi connectivity index (χ1n) is 10.8. The molecule has 1 saturated heterocycles. The van der Waals surface area contributed by atoms with Crippen molar-refractivity contribution < 1.29 is 9.53 Å². The van der Waals surface area contributed by atoms with Crippen molar-refractivity contribution in [3.63, 3.8) is 0 Å². The van der Waals surface area contributed by atoms with Crippen LogP contribution in [0.25, 0.3) is 10.2 Å². The molecule has 3 aromatic rings. The van der Waals surface area contributed by atoms with E-state index in [2.05, 4.69) is 43.9 Å². The Kier molecular flexibility index (Phi) is 7.27. The fourth-order valence-electron chi connectivity index (χ4n) is 3.76. The minimum atomic E-state index is 0.0150. The topological polar surface area (TPSA) is 45.7 Å². The van der Waals surface area contributed by atoms with E-state index in [1.54, 1.807) is 23.1 Å². The van der Waals surface area contributed by atoms with E-state index in [0.717, 1.165) is 64.4 Å². The molecular weight excluding hydrogens is 426 g/mol. The van der Waals surface area contributed by atoms with Crippen LogP contribution in [0.5, 0.6) is 0 Å². The fourth-order valence-corrected chi connectivity index (χ4v) is 5.61. The minimum Gasteiger partial charge on any atom is -0.379 e. The lowest BCUT2D eigenvalue weighted by Crippen LogP contribution is -2.43. The summed E-state index contributed by atoms with van der Waals surface area (Å²) in [7, 11) is 0. The van der Waals surface area contributed by atoms with Crippen molar-refractivity contribution in [1.29, 1.82) is 0 Å². The zero-order valence-electron chi connectivity index (χ0n) is 18.4. The molecule has 4 rings (SSSR count). The zero-order valence-corrected chi connectivity index (χ0v) is 20.0. The van der Waals surface area contributed by atoms with Crippen molar-refractivity contribution in [2.75, 3.05) is 50.0 Å². The summed E-state index contributed by atoms with van der Waals surface area (Å²) in [5, 5.41) is 0.777. The predicted octanol–water partition coefficient (Wildman–Crippen LogP) is 5.00. The highest BCUT2D eigenvalue weighted by atomic mass is 32.2. The van der Waals surface area contributed by atoms with Gasteiger partial charge in [0.2, 0.25) is 0 Å². The highest BCUT2D eigenvalue weighted by molar-refractivity contribution is 7.99. The lowest BCUT2D eigenvalue weighted by molar-refractivity contribution is 0.0391. The highest BCUT2D eigenvalue weighted by Crippen LogP contribution is 2.34. The van der Waals surface area contributed by atoms with Gasteiger partial charge in [-0.25, -0.2) is 4.98 Å². The number of fused-ring (bicyclic) bond motifs is 1. The highest BCUT2D eigenvalue weighted by Gasteiger charge is 2.24. The molecule has 7 heteroatoms. The molecule has 31 heavy (non-hydrogen) atoms. The number of thioether (sulfide) groups is 1. The van der Waals surface area contributed by atoms with Gasteiger partial charge < -0.3 is 4.74 Å². The summed E-state index contributed by atoms with van der Waals surface area (Å²) in [6.07, 6.45) is 0. The summed E-state index contributed by atoms with van der Waals surface area (Å²) in [5.41, 5.74) is 4.06. The van der Waals surface area contributed by atoms with E-state index in [0.29, 0.717) is 12.1 Å². The van der Waals surface area contributed by atoms with Gasteiger partial charge in [-0.05, 0) is 48.9 Å². The molecule has 0 spiro atoms. The monoisotopic (exact) mass is 455 g/mol. The normalized spacial score (nSPS) is 14.8. The van der Waals surface area contributed by atoms with Gasteiger partial charge in [0.15, 0.2) is 5.13 Å². The van der Waals surface area contributed by atoms with Crippen LogP contribution in [0, 0.1) is 13.8 Å². The number of carbonyl (C=O) groups excluding carboxylic acids is 1. The smallest absolute Gasteiger partial charge is 0.260 e.